The van der Waals surface area contributed by atoms with Crippen LogP contribution in [0.2, 0.25) is 0 Å². The average Bonchev–Trinajstić information content (AvgIpc) is 2.55. The summed E-state index contributed by atoms with van der Waals surface area (Å²) < 4.78 is 2.50. The molecular weight excluding hydrogens is 284 g/mol. The second-order valence-corrected chi connectivity index (χ2v) is 7.27. The molecule has 1 aromatic rings. The molecule has 0 aliphatic carbocycles. The third-order valence-electron chi connectivity index (χ3n) is 4.91. The van der Waals surface area contributed by atoms with E-state index in [4.69, 9.17) is 0 Å². The van der Waals surface area contributed by atoms with Gasteiger partial charge in [0.1, 0.15) is 13.1 Å². The lowest BCUT2D eigenvalue weighted by Crippen LogP contribution is -2.49. The van der Waals surface area contributed by atoms with Crippen molar-refractivity contribution in [3.63, 3.8) is 0 Å². The Morgan fingerprint density at radius 3 is 2.48 bits per heavy atom. The van der Waals surface area contributed by atoms with Gasteiger partial charge in [-0.25, -0.2) is 4.58 Å². The zero-order chi connectivity index (χ0) is 16.3. The van der Waals surface area contributed by atoms with Gasteiger partial charge in [-0.3, -0.25) is 4.79 Å². The molecule has 122 valence electrons. The summed E-state index contributed by atoms with van der Waals surface area (Å²) in [6.07, 6.45) is 9.47. The molecule has 23 heavy (non-hydrogen) atoms. The highest BCUT2D eigenvalue weighted by atomic mass is 16.2. The lowest BCUT2D eigenvalue weighted by Gasteiger charge is -2.38. The van der Waals surface area contributed by atoms with E-state index in [0.717, 1.165) is 25.1 Å². The molecule has 2 aliphatic rings. The summed E-state index contributed by atoms with van der Waals surface area (Å²) in [7, 11) is 0. The van der Waals surface area contributed by atoms with Gasteiger partial charge >= 0.3 is 0 Å². The maximum absolute atomic E-state index is 12.7. The summed E-state index contributed by atoms with van der Waals surface area (Å²) in [4.78, 5) is 14.6. The number of allylic oxidation sites excluding steroid dienone is 1. The van der Waals surface area contributed by atoms with Crippen LogP contribution in [0.4, 0.5) is 0 Å². The topological polar surface area (TPSA) is 23.3 Å². The molecule has 0 radical (unpaired) electrons. The number of carbonyl (C=O) groups excluding carboxylic acids is 1. The highest BCUT2D eigenvalue weighted by molar-refractivity contribution is 5.94. The number of carbonyl (C=O) groups is 1. The van der Waals surface area contributed by atoms with Crippen molar-refractivity contribution < 1.29 is 9.37 Å². The molecule has 3 rings (SSSR count). The monoisotopic (exact) mass is 311 g/mol. The third-order valence-corrected chi connectivity index (χ3v) is 4.91. The van der Waals surface area contributed by atoms with Gasteiger partial charge in [0, 0.05) is 25.1 Å². The zero-order valence-electron chi connectivity index (χ0n) is 14.3. The summed E-state index contributed by atoms with van der Waals surface area (Å²) in [5.74, 6) is 0.176. The van der Waals surface area contributed by atoms with Crippen molar-refractivity contribution in [1.82, 2.24) is 4.90 Å². The van der Waals surface area contributed by atoms with Gasteiger partial charge in [0.05, 0.1) is 18.4 Å². The Labute approximate surface area is 139 Å². The number of hydrogen-bond donors (Lipinski definition) is 0. The lowest BCUT2D eigenvalue weighted by atomic mass is 9.90. The molecule has 2 aliphatic heterocycles. The highest BCUT2D eigenvalue weighted by Crippen LogP contribution is 2.26. The SMILES string of the molecule is CC1(C)CC(=[N+]2CCCCC2)C=CN1C(=O)Cc1ccccc1. The van der Waals surface area contributed by atoms with Gasteiger partial charge in [0.25, 0.3) is 0 Å². The maximum atomic E-state index is 12.7. The molecule has 1 saturated heterocycles. The van der Waals surface area contributed by atoms with Crippen LogP contribution in [0.25, 0.3) is 0 Å². The fourth-order valence-corrected chi connectivity index (χ4v) is 3.62. The Morgan fingerprint density at radius 1 is 1.13 bits per heavy atom. The van der Waals surface area contributed by atoms with Gasteiger partial charge in [0.2, 0.25) is 5.91 Å². The first-order valence-corrected chi connectivity index (χ1v) is 8.71. The van der Waals surface area contributed by atoms with E-state index in [1.807, 2.05) is 41.4 Å². The van der Waals surface area contributed by atoms with Gasteiger partial charge in [-0.15, -0.1) is 0 Å². The molecule has 0 N–H and O–H groups in total. The summed E-state index contributed by atoms with van der Waals surface area (Å²) in [5.41, 5.74) is 2.30. The van der Waals surface area contributed by atoms with Gasteiger partial charge in [-0.1, -0.05) is 30.3 Å². The molecule has 2 heterocycles. The second kappa shape index (κ2) is 6.69. The molecule has 0 atom stereocenters. The second-order valence-electron chi connectivity index (χ2n) is 7.27. The van der Waals surface area contributed by atoms with Crippen LogP contribution in [0.1, 0.15) is 45.1 Å². The molecule has 0 aromatic heterocycles. The van der Waals surface area contributed by atoms with E-state index in [1.165, 1.54) is 25.0 Å². The van der Waals surface area contributed by atoms with Crippen LogP contribution in [0.5, 0.6) is 0 Å². The molecule has 3 heteroatoms. The van der Waals surface area contributed by atoms with Crippen molar-refractivity contribution in [1.29, 1.82) is 0 Å². The largest absolute Gasteiger partial charge is 0.312 e. The molecule has 0 saturated carbocycles. The Kier molecular flexibility index (Phi) is 4.65. The van der Waals surface area contributed by atoms with E-state index in [-0.39, 0.29) is 11.4 Å². The summed E-state index contributed by atoms with van der Waals surface area (Å²) in [6, 6.07) is 10.00. The minimum atomic E-state index is -0.159. The molecule has 0 unspecified atom stereocenters. The van der Waals surface area contributed by atoms with Crippen LogP contribution in [0, 0.1) is 0 Å². The molecule has 1 fully saturated rings. The van der Waals surface area contributed by atoms with Gasteiger partial charge in [-0.05, 0) is 25.8 Å². The van der Waals surface area contributed by atoms with Gasteiger partial charge in [-0.2, -0.15) is 0 Å². The summed E-state index contributed by atoms with van der Waals surface area (Å²) in [5, 5.41) is 0. The summed E-state index contributed by atoms with van der Waals surface area (Å²) in [6.45, 7) is 6.66. The van der Waals surface area contributed by atoms with Crippen LogP contribution >= 0.6 is 0 Å². The van der Waals surface area contributed by atoms with E-state index < -0.39 is 0 Å². The molecule has 0 spiro atoms. The van der Waals surface area contributed by atoms with E-state index in [1.54, 1.807) is 0 Å². The third kappa shape index (κ3) is 3.72. The normalized spacial score (nSPS) is 20.7. The molecule has 1 aromatic carbocycles. The number of hydrogen-bond acceptors (Lipinski definition) is 1. The fourth-order valence-electron chi connectivity index (χ4n) is 3.62. The summed E-state index contributed by atoms with van der Waals surface area (Å²) >= 11 is 0. The maximum Gasteiger partial charge on any atom is 0.231 e. The zero-order valence-corrected chi connectivity index (χ0v) is 14.3. The smallest absolute Gasteiger partial charge is 0.231 e. The quantitative estimate of drug-likeness (QED) is 0.768. The number of rotatable bonds is 2. The van der Waals surface area contributed by atoms with Crippen molar-refractivity contribution >= 4 is 11.6 Å². The first-order valence-electron chi connectivity index (χ1n) is 8.71. The van der Waals surface area contributed by atoms with E-state index in [2.05, 4.69) is 24.5 Å². The van der Waals surface area contributed by atoms with Crippen molar-refractivity contribution in [2.45, 2.75) is 51.5 Å². The first kappa shape index (κ1) is 16.0. The minimum Gasteiger partial charge on any atom is -0.312 e. The number of piperidine rings is 1. The standard InChI is InChI=1S/C20H27N2O/c1-20(2)16-18(21-12-7-4-8-13-21)11-14-22(20)19(23)15-17-9-5-3-6-10-17/h3,5-6,9-11,14H,4,7-8,12-13,15-16H2,1-2H3/q+1. The molecular formula is C20H27N2O+. The Bertz CT molecular complexity index is 620. The fraction of sp³-hybridized carbons (Fsp3) is 0.500. The van der Waals surface area contributed by atoms with Crippen LogP contribution in [0.3, 0.4) is 0 Å². The lowest BCUT2D eigenvalue weighted by molar-refractivity contribution is -0.538. The van der Waals surface area contributed by atoms with Crippen molar-refractivity contribution in [2.75, 3.05) is 13.1 Å². The highest BCUT2D eigenvalue weighted by Gasteiger charge is 2.36. The van der Waals surface area contributed by atoms with E-state index in [0.29, 0.717) is 6.42 Å². The molecule has 0 bridgehead atoms. The van der Waals surface area contributed by atoms with Crippen molar-refractivity contribution in [3.8, 4) is 0 Å². The average molecular weight is 311 g/mol. The predicted molar refractivity (Wildman–Crippen MR) is 93.7 cm³/mol. The Hall–Kier alpha value is -1.90. The minimum absolute atomic E-state index is 0.159. The Balaban J connectivity index is 1.77. The van der Waals surface area contributed by atoms with Crippen LogP contribution in [0.15, 0.2) is 42.6 Å². The Morgan fingerprint density at radius 2 is 1.83 bits per heavy atom. The first-order chi connectivity index (χ1) is 11.1. The number of nitrogens with zero attached hydrogens (tertiary/aromatic N) is 2. The predicted octanol–water partition coefficient (Wildman–Crippen LogP) is 3.39. The van der Waals surface area contributed by atoms with Crippen molar-refractivity contribution in [2.24, 2.45) is 0 Å². The van der Waals surface area contributed by atoms with Crippen LogP contribution in [-0.2, 0) is 11.2 Å². The van der Waals surface area contributed by atoms with E-state index >= 15 is 0 Å². The van der Waals surface area contributed by atoms with Crippen LogP contribution in [-0.4, -0.2) is 39.7 Å². The van der Waals surface area contributed by atoms with Gasteiger partial charge in [0.15, 0.2) is 5.71 Å². The van der Waals surface area contributed by atoms with E-state index in [9.17, 15) is 4.79 Å². The molecule has 3 nitrogen and oxygen atoms in total. The van der Waals surface area contributed by atoms with Crippen LogP contribution < -0.4 is 0 Å². The van der Waals surface area contributed by atoms with Gasteiger partial charge < -0.3 is 4.90 Å². The van der Waals surface area contributed by atoms with Crippen molar-refractivity contribution in [3.05, 3.63) is 48.2 Å². The molecule has 1 amide bonds. The number of amides is 1. The number of benzene rings is 1.